The predicted octanol–water partition coefficient (Wildman–Crippen LogP) is 0.468. The molecule has 0 bridgehead atoms. The Balaban J connectivity index is 0.00000261. The summed E-state index contributed by atoms with van der Waals surface area (Å²) in [6.07, 6.45) is -0.351. The smallest absolute Gasteiger partial charge is 0.343 e. The summed E-state index contributed by atoms with van der Waals surface area (Å²) in [7, 11) is 4.10. The lowest BCUT2D eigenvalue weighted by molar-refractivity contribution is -0.879. The van der Waals surface area contributed by atoms with Gasteiger partial charge in [0.2, 0.25) is 5.92 Å². The highest BCUT2D eigenvalue weighted by Crippen LogP contribution is 2.48. The molecule has 8 heteroatoms. The van der Waals surface area contributed by atoms with Crippen LogP contribution in [0.25, 0.3) is 0 Å². The van der Waals surface area contributed by atoms with Gasteiger partial charge in [-0.15, -0.1) is 0 Å². The number of aliphatic hydroxyl groups is 1. The minimum Gasteiger partial charge on any atom is -1.00 e. The summed E-state index contributed by atoms with van der Waals surface area (Å²) in [5, 5.41) is 11.3. The molecule has 1 saturated carbocycles. The zero-order valence-electron chi connectivity index (χ0n) is 15.4. The highest BCUT2D eigenvalue weighted by Gasteiger charge is 2.55. The summed E-state index contributed by atoms with van der Waals surface area (Å²) in [6, 6.07) is 6.57. The van der Waals surface area contributed by atoms with Gasteiger partial charge in [0.1, 0.15) is 6.54 Å². The van der Waals surface area contributed by atoms with Crippen LogP contribution >= 0.6 is 15.9 Å². The van der Waals surface area contributed by atoms with Gasteiger partial charge in [-0.1, -0.05) is 28.1 Å². The van der Waals surface area contributed by atoms with Gasteiger partial charge < -0.3 is 31.3 Å². The number of likely N-dealkylation sites (N-methyl/N-ethyl adjacent to an activating group) is 1. The average molecular weight is 513 g/mol. The summed E-state index contributed by atoms with van der Waals surface area (Å²) in [5.41, 5.74) is -1.75. The molecule has 0 aromatic heterocycles. The Morgan fingerprint density at radius 2 is 1.93 bits per heavy atom. The highest BCUT2D eigenvalue weighted by molar-refractivity contribution is 9.10. The van der Waals surface area contributed by atoms with E-state index in [4.69, 9.17) is 4.74 Å². The molecule has 152 valence electrons. The van der Waals surface area contributed by atoms with Crippen LogP contribution in [0.3, 0.4) is 0 Å². The third-order valence-electron chi connectivity index (χ3n) is 5.62. The van der Waals surface area contributed by atoms with Crippen LogP contribution in [0.2, 0.25) is 0 Å². The first kappa shape index (κ1) is 22.7. The van der Waals surface area contributed by atoms with Crippen molar-refractivity contribution in [3.05, 3.63) is 34.3 Å². The molecular weight excluding hydrogens is 488 g/mol. The van der Waals surface area contributed by atoms with Crippen molar-refractivity contribution < 1.29 is 44.9 Å². The van der Waals surface area contributed by atoms with Crippen LogP contribution in [0.5, 0.6) is 0 Å². The number of carbonyl (C=O) groups excluding carboxylic acids is 1. The van der Waals surface area contributed by atoms with Gasteiger partial charge in [0, 0.05) is 29.7 Å². The number of nitrogens with zero attached hydrogens (tertiary/aromatic N) is 1. The van der Waals surface area contributed by atoms with Crippen LogP contribution in [0.4, 0.5) is 8.78 Å². The molecule has 3 rings (SSSR count). The lowest BCUT2D eigenvalue weighted by atomic mass is 9.80. The van der Waals surface area contributed by atoms with Crippen LogP contribution in [-0.2, 0) is 15.1 Å². The van der Waals surface area contributed by atoms with E-state index in [1.807, 2.05) is 14.1 Å². The molecule has 0 radical (unpaired) electrons. The highest BCUT2D eigenvalue weighted by atomic mass is 79.9. The van der Waals surface area contributed by atoms with Gasteiger partial charge in [-0.2, -0.15) is 0 Å². The third-order valence-corrected chi connectivity index (χ3v) is 6.15. The number of ether oxygens (including phenoxy) is 1. The van der Waals surface area contributed by atoms with Crippen molar-refractivity contribution >= 4 is 21.9 Å². The zero-order valence-corrected chi connectivity index (χ0v) is 18.6. The quantitative estimate of drug-likeness (QED) is 0.471. The fourth-order valence-electron chi connectivity index (χ4n) is 4.10. The Morgan fingerprint density at radius 1 is 1.30 bits per heavy atom. The number of alkyl halides is 2. The Labute approximate surface area is 177 Å². The van der Waals surface area contributed by atoms with Crippen LogP contribution in [0, 0.1) is 5.92 Å². The number of halogens is 4. The number of rotatable bonds is 4. The van der Waals surface area contributed by atoms with Crippen molar-refractivity contribution in [1.82, 2.24) is 0 Å². The van der Waals surface area contributed by atoms with Crippen molar-refractivity contribution in [3.63, 3.8) is 0 Å². The van der Waals surface area contributed by atoms with E-state index in [1.54, 1.807) is 24.3 Å². The number of likely N-dealkylation sites (tertiary alicyclic amines) is 1. The van der Waals surface area contributed by atoms with E-state index in [0.29, 0.717) is 18.5 Å². The van der Waals surface area contributed by atoms with Gasteiger partial charge in [-0.05, 0) is 24.1 Å². The van der Waals surface area contributed by atoms with Crippen molar-refractivity contribution in [3.8, 4) is 0 Å². The number of esters is 1. The first-order chi connectivity index (χ1) is 12.0. The van der Waals surface area contributed by atoms with E-state index < -0.39 is 29.8 Å². The molecule has 1 aliphatic carbocycles. The Bertz CT molecular complexity index is 684. The Kier molecular flexibility index (Phi) is 6.77. The zero-order chi connectivity index (χ0) is 19.2. The lowest BCUT2D eigenvalue weighted by Gasteiger charge is -2.33. The molecule has 1 heterocycles. The second kappa shape index (κ2) is 8.05. The molecule has 3 atom stereocenters. The predicted molar refractivity (Wildman–Crippen MR) is 96.7 cm³/mol. The van der Waals surface area contributed by atoms with E-state index in [1.165, 1.54) is 0 Å². The number of benzene rings is 1. The van der Waals surface area contributed by atoms with Crippen molar-refractivity contribution in [1.29, 1.82) is 0 Å². The van der Waals surface area contributed by atoms with Gasteiger partial charge in [0.05, 0.1) is 20.6 Å². The van der Waals surface area contributed by atoms with Crippen LogP contribution in [-0.4, -0.2) is 54.8 Å². The van der Waals surface area contributed by atoms with Crippen molar-refractivity contribution in [2.24, 2.45) is 5.92 Å². The van der Waals surface area contributed by atoms with E-state index in [9.17, 15) is 18.7 Å². The molecule has 2 aliphatic rings. The molecule has 1 aromatic carbocycles. The SMILES string of the molecule is C[N+]1(C)CC[C@H](OC(=O)[C@](O)(c2ccc(Br)cc2)[C@@H]2CCC(F)(F)C2)C1.[Br-]. The summed E-state index contributed by atoms with van der Waals surface area (Å²) in [6.45, 7) is 1.53. The number of carbonyl (C=O) groups is 1. The van der Waals surface area contributed by atoms with Gasteiger partial charge in [-0.25, -0.2) is 13.6 Å². The van der Waals surface area contributed by atoms with E-state index in [-0.39, 0.29) is 35.9 Å². The van der Waals surface area contributed by atoms with E-state index >= 15 is 0 Å². The third kappa shape index (κ3) is 4.89. The number of hydrogen-bond donors (Lipinski definition) is 1. The first-order valence-corrected chi connectivity index (χ1v) is 9.70. The second-order valence-corrected chi connectivity index (χ2v) is 9.14. The van der Waals surface area contributed by atoms with Gasteiger partial charge in [0.25, 0.3) is 0 Å². The normalized spacial score (nSPS) is 28.2. The molecule has 27 heavy (non-hydrogen) atoms. The minimum atomic E-state index is -2.86. The summed E-state index contributed by atoms with van der Waals surface area (Å²) < 4.78 is 34.7. The summed E-state index contributed by atoms with van der Waals surface area (Å²) >= 11 is 3.31. The minimum absolute atomic E-state index is 0. The Hall–Kier alpha value is -0.570. The van der Waals surface area contributed by atoms with Crippen molar-refractivity contribution in [2.45, 2.75) is 43.3 Å². The lowest BCUT2D eigenvalue weighted by Crippen LogP contribution is -3.00. The topological polar surface area (TPSA) is 46.5 Å². The Morgan fingerprint density at radius 3 is 2.41 bits per heavy atom. The van der Waals surface area contributed by atoms with E-state index in [0.717, 1.165) is 15.5 Å². The maximum Gasteiger partial charge on any atom is 0.343 e. The number of hydrogen-bond acceptors (Lipinski definition) is 3. The van der Waals surface area contributed by atoms with Crippen LogP contribution < -0.4 is 17.0 Å². The fourth-order valence-corrected chi connectivity index (χ4v) is 4.36. The molecule has 0 unspecified atom stereocenters. The monoisotopic (exact) mass is 511 g/mol. The average Bonchev–Trinajstić information content (AvgIpc) is 3.08. The maximum absolute atomic E-state index is 13.8. The van der Waals surface area contributed by atoms with Gasteiger partial charge in [-0.3, -0.25) is 0 Å². The number of quaternary nitrogens is 1. The summed E-state index contributed by atoms with van der Waals surface area (Å²) in [4.78, 5) is 13.0. The van der Waals surface area contributed by atoms with Crippen molar-refractivity contribution in [2.75, 3.05) is 27.2 Å². The standard InChI is InChI=1S/C19H25BrF2NO3.BrH/c1-23(2)10-8-16(12-23)26-17(24)19(25,13-3-5-15(20)6-4-13)14-7-9-18(21,22)11-14;/h3-6,14,16,25H,7-12H2,1-2H3;1H/q+1;/p-1/t14-,16+,19+;/m1./s1. The van der Waals surface area contributed by atoms with Gasteiger partial charge >= 0.3 is 5.97 Å². The molecule has 2 fully saturated rings. The van der Waals surface area contributed by atoms with Crippen LogP contribution in [0.1, 0.15) is 31.2 Å². The second-order valence-electron chi connectivity index (χ2n) is 8.23. The molecule has 0 spiro atoms. The van der Waals surface area contributed by atoms with Crippen LogP contribution in [0.15, 0.2) is 28.7 Å². The molecule has 1 N–H and O–H groups in total. The molecule has 0 amide bonds. The molecule has 1 saturated heterocycles. The molecule has 1 aliphatic heterocycles. The van der Waals surface area contributed by atoms with E-state index in [2.05, 4.69) is 15.9 Å². The molecule has 1 aromatic rings. The largest absolute Gasteiger partial charge is 1.00 e. The fraction of sp³-hybridized carbons (Fsp3) is 0.632. The molecule has 4 nitrogen and oxygen atoms in total. The molecular formula is C19H25Br2F2NO3. The van der Waals surface area contributed by atoms with Gasteiger partial charge in [0.15, 0.2) is 11.7 Å². The first-order valence-electron chi connectivity index (χ1n) is 8.91. The maximum atomic E-state index is 13.8. The summed E-state index contributed by atoms with van der Waals surface area (Å²) in [5.74, 6) is -4.54.